The fourth-order valence-electron chi connectivity index (χ4n) is 3.84. The SMILES string of the molecule is C=N/C(NC(C)c1nc2cccc(C)c2c(=O)n1-c1cccc(C(N)=O)c1)=C1/N=CN/C1=N/C. The van der Waals surface area contributed by atoms with Gasteiger partial charge in [-0.1, -0.05) is 18.2 Å². The first kappa shape index (κ1) is 22.6. The third kappa shape index (κ3) is 3.96. The molecule has 172 valence electrons. The zero-order valence-electron chi connectivity index (χ0n) is 19.0. The van der Waals surface area contributed by atoms with Gasteiger partial charge in [-0.15, -0.1) is 0 Å². The van der Waals surface area contributed by atoms with Crippen LogP contribution in [0.2, 0.25) is 0 Å². The predicted molar refractivity (Wildman–Crippen MR) is 134 cm³/mol. The maximum absolute atomic E-state index is 13.7. The molecule has 1 aliphatic rings. The molecule has 1 unspecified atom stereocenters. The molecule has 0 saturated carbocycles. The number of carbonyl (C=O) groups is 1. The number of nitrogens with one attached hydrogen (secondary N) is 2. The molecule has 3 aromatic rings. The zero-order chi connectivity index (χ0) is 24.4. The summed E-state index contributed by atoms with van der Waals surface area (Å²) in [5.74, 6) is 0.742. The van der Waals surface area contributed by atoms with Gasteiger partial charge in [-0.2, -0.15) is 0 Å². The van der Waals surface area contributed by atoms with Crippen molar-refractivity contribution in [2.75, 3.05) is 7.05 Å². The molecule has 4 N–H and O–H groups in total. The van der Waals surface area contributed by atoms with Gasteiger partial charge >= 0.3 is 0 Å². The number of aliphatic imine (C=N–C) groups is 3. The van der Waals surface area contributed by atoms with E-state index in [1.54, 1.807) is 37.4 Å². The summed E-state index contributed by atoms with van der Waals surface area (Å²) in [6.45, 7) is 7.35. The van der Waals surface area contributed by atoms with Crippen molar-refractivity contribution >= 4 is 35.7 Å². The van der Waals surface area contributed by atoms with Crippen molar-refractivity contribution in [2.45, 2.75) is 19.9 Å². The smallest absolute Gasteiger partial charge is 0.266 e. The Labute approximate surface area is 195 Å². The predicted octanol–water partition coefficient (Wildman–Crippen LogP) is 1.97. The molecule has 0 aliphatic carbocycles. The first-order chi connectivity index (χ1) is 16.3. The summed E-state index contributed by atoms with van der Waals surface area (Å²) in [6.07, 6.45) is 1.51. The maximum atomic E-state index is 13.7. The van der Waals surface area contributed by atoms with Crippen LogP contribution in [0.4, 0.5) is 0 Å². The first-order valence-electron chi connectivity index (χ1n) is 10.5. The van der Waals surface area contributed by atoms with E-state index in [0.717, 1.165) is 5.56 Å². The van der Waals surface area contributed by atoms with Crippen molar-refractivity contribution in [2.24, 2.45) is 20.7 Å². The number of benzene rings is 2. The number of amidine groups is 1. The van der Waals surface area contributed by atoms with Crippen molar-refractivity contribution in [3.05, 3.63) is 81.3 Å². The molecule has 2 heterocycles. The van der Waals surface area contributed by atoms with Crippen LogP contribution in [0.25, 0.3) is 16.6 Å². The number of aryl methyl sites for hydroxylation is 1. The average molecular weight is 457 g/mol. The number of amides is 1. The van der Waals surface area contributed by atoms with E-state index in [1.165, 1.54) is 10.9 Å². The van der Waals surface area contributed by atoms with Gasteiger partial charge < -0.3 is 16.4 Å². The molecule has 0 fully saturated rings. The van der Waals surface area contributed by atoms with Gasteiger partial charge in [0.1, 0.15) is 11.5 Å². The number of primary amides is 1. The maximum Gasteiger partial charge on any atom is 0.266 e. The van der Waals surface area contributed by atoms with Crippen LogP contribution in [0.15, 0.2) is 73.8 Å². The minimum atomic E-state index is -0.589. The fraction of sp³-hybridized carbons (Fsp3) is 0.167. The van der Waals surface area contributed by atoms with E-state index in [4.69, 9.17) is 10.7 Å². The highest BCUT2D eigenvalue weighted by molar-refractivity contribution is 6.09. The third-order valence-electron chi connectivity index (χ3n) is 5.49. The molecule has 1 atom stereocenters. The normalized spacial score (nSPS) is 16.4. The summed E-state index contributed by atoms with van der Waals surface area (Å²) in [7, 11) is 1.64. The largest absolute Gasteiger partial charge is 0.366 e. The number of nitrogens with zero attached hydrogens (tertiary/aromatic N) is 5. The van der Waals surface area contributed by atoms with Crippen LogP contribution >= 0.6 is 0 Å². The van der Waals surface area contributed by atoms with Crippen LogP contribution in [0.5, 0.6) is 0 Å². The van der Waals surface area contributed by atoms with E-state index in [2.05, 4.69) is 32.3 Å². The Hall–Kier alpha value is -4.60. The lowest BCUT2D eigenvalue weighted by Gasteiger charge is -2.21. The molecular formula is C24H24N8O2. The monoisotopic (exact) mass is 456 g/mol. The minimum Gasteiger partial charge on any atom is -0.366 e. The van der Waals surface area contributed by atoms with E-state index >= 15 is 0 Å². The average Bonchev–Trinajstić information content (AvgIpc) is 3.31. The Morgan fingerprint density at radius 1 is 1.26 bits per heavy atom. The molecule has 1 amide bonds. The van der Waals surface area contributed by atoms with Crippen LogP contribution in [0.1, 0.15) is 34.7 Å². The van der Waals surface area contributed by atoms with Crippen molar-refractivity contribution < 1.29 is 4.79 Å². The molecular weight excluding hydrogens is 432 g/mol. The Balaban J connectivity index is 1.94. The van der Waals surface area contributed by atoms with E-state index < -0.39 is 11.9 Å². The van der Waals surface area contributed by atoms with E-state index in [9.17, 15) is 9.59 Å². The van der Waals surface area contributed by atoms with Gasteiger partial charge in [0.15, 0.2) is 11.7 Å². The Bertz CT molecular complexity index is 1470. The molecule has 10 heteroatoms. The van der Waals surface area contributed by atoms with Gasteiger partial charge in [-0.05, 0) is 50.4 Å². The molecule has 0 saturated heterocycles. The Morgan fingerprint density at radius 3 is 2.74 bits per heavy atom. The summed E-state index contributed by atoms with van der Waals surface area (Å²) >= 11 is 0. The number of fused-ring (bicyclic) bond motifs is 1. The lowest BCUT2D eigenvalue weighted by molar-refractivity contribution is 0.1000. The number of nitrogens with two attached hydrogens (primary N) is 1. The summed E-state index contributed by atoms with van der Waals surface area (Å²) in [4.78, 5) is 42.9. The van der Waals surface area contributed by atoms with Crippen molar-refractivity contribution in [3.8, 4) is 5.69 Å². The molecule has 1 aliphatic heterocycles. The number of rotatable bonds is 6. The van der Waals surface area contributed by atoms with Crippen molar-refractivity contribution in [1.29, 1.82) is 0 Å². The molecule has 0 bridgehead atoms. The van der Waals surface area contributed by atoms with E-state index in [0.29, 0.717) is 39.8 Å². The van der Waals surface area contributed by atoms with Crippen molar-refractivity contribution in [1.82, 2.24) is 20.2 Å². The van der Waals surface area contributed by atoms with Gasteiger partial charge in [0.25, 0.3) is 5.56 Å². The van der Waals surface area contributed by atoms with Gasteiger partial charge in [-0.25, -0.2) is 15.0 Å². The van der Waals surface area contributed by atoms with Gasteiger partial charge in [0.05, 0.1) is 29.0 Å². The molecule has 0 spiro atoms. The topological polar surface area (TPSA) is 139 Å². The van der Waals surface area contributed by atoms with Crippen LogP contribution in [-0.4, -0.2) is 41.4 Å². The second-order valence-corrected chi connectivity index (χ2v) is 7.69. The molecule has 4 rings (SSSR count). The first-order valence-corrected chi connectivity index (χ1v) is 10.5. The lowest BCUT2D eigenvalue weighted by atomic mass is 10.1. The number of hydrogen-bond acceptors (Lipinski definition) is 7. The van der Waals surface area contributed by atoms with Crippen molar-refractivity contribution in [3.63, 3.8) is 0 Å². The highest BCUT2D eigenvalue weighted by Crippen LogP contribution is 2.22. The van der Waals surface area contributed by atoms with Crippen LogP contribution in [0.3, 0.4) is 0 Å². The fourth-order valence-corrected chi connectivity index (χ4v) is 3.84. The Kier molecular flexibility index (Phi) is 6.05. The molecule has 1 aromatic heterocycles. The standard InChI is InChI=1S/C24H24N8O2/c1-13-7-5-10-17-18(13)24(34)32(16-9-6-8-15(11-16)20(25)33)23(31-17)14(2)30-22(27-4)19-21(26-3)29-12-28-19/h5-12,14,30H,4H2,1-3H3,(H2,25,33)(H,26,28,29)/b22-19-. The summed E-state index contributed by atoms with van der Waals surface area (Å²) in [5.41, 5.74) is 7.83. The summed E-state index contributed by atoms with van der Waals surface area (Å²) in [6, 6.07) is 11.6. The Morgan fingerprint density at radius 2 is 2.03 bits per heavy atom. The quantitative estimate of drug-likeness (QED) is 0.487. The second-order valence-electron chi connectivity index (χ2n) is 7.69. The highest BCUT2D eigenvalue weighted by Gasteiger charge is 2.22. The third-order valence-corrected chi connectivity index (χ3v) is 5.49. The van der Waals surface area contributed by atoms with Gasteiger partial charge in [0, 0.05) is 12.6 Å². The van der Waals surface area contributed by atoms with E-state index in [-0.39, 0.29) is 11.1 Å². The molecule has 2 aromatic carbocycles. The van der Waals surface area contributed by atoms with Gasteiger partial charge in [0.2, 0.25) is 5.91 Å². The number of hydrogen-bond donors (Lipinski definition) is 3. The molecule has 34 heavy (non-hydrogen) atoms. The van der Waals surface area contributed by atoms with Crippen LogP contribution < -0.4 is 21.9 Å². The summed E-state index contributed by atoms with van der Waals surface area (Å²) in [5, 5.41) is 6.67. The summed E-state index contributed by atoms with van der Waals surface area (Å²) < 4.78 is 1.48. The van der Waals surface area contributed by atoms with Gasteiger partial charge in [-0.3, -0.25) is 19.1 Å². The highest BCUT2D eigenvalue weighted by atomic mass is 16.1. The molecule has 0 radical (unpaired) electrons. The zero-order valence-corrected chi connectivity index (χ0v) is 19.0. The molecule has 10 nitrogen and oxygen atoms in total. The minimum absolute atomic E-state index is 0.259. The number of carbonyl (C=O) groups excluding carboxylic acids is 1. The number of aromatic nitrogens is 2. The van der Waals surface area contributed by atoms with Crippen LogP contribution in [0, 0.1) is 6.92 Å². The second kappa shape index (κ2) is 9.10. The lowest BCUT2D eigenvalue weighted by Crippen LogP contribution is -2.31. The van der Waals surface area contributed by atoms with Crippen LogP contribution in [-0.2, 0) is 0 Å². The van der Waals surface area contributed by atoms with E-state index in [1.807, 2.05) is 26.0 Å².